The summed E-state index contributed by atoms with van der Waals surface area (Å²) in [6.45, 7) is 0.609. The minimum absolute atomic E-state index is 0.609. The van der Waals surface area contributed by atoms with Crippen LogP contribution in [0.1, 0.15) is 51.4 Å². The van der Waals surface area contributed by atoms with E-state index in [-0.39, 0.29) is 0 Å². The normalized spacial score (nSPS) is 28.4. The van der Waals surface area contributed by atoms with Gasteiger partial charge in [0.1, 0.15) is 5.67 Å². The topological polar surface area (TPSA) is 12.0 Å². The number of rotatable bonds is 3. The Morgan fingerprint density at radius 1 is 1.08 bits per heavy atom. The maximum Gasteiger partial charge on any atom is 0.123 e. The van der Waals surface area contributed by atoms with E-state index in [0.29, 0.717) is 12.6 Å². The lowest BCUT2D eigenvalue weighted by molar-refractivity contribution is 0.0962. The van der Waals surface area contributed by atoms with Crippen molar-refractivity contribution in [2.45, 2.75) is 63.1 Å². The Kier molecular flexibility index (Phi) is 2.87. The first-order valence-corrected chi connectivity index (χ1v) is 5.71. The fourth-order valence-corrected chi connectivity index (χ4v) is 2.30. The van der Waals surface area contributed by atoms with Crippen LogP contribution in [0.15, 0.2) is 0 Å². The largest absolute Gasteiger partial charge is 0.311 e. The molecule has 0 bridgehead atoms. The van der Waals surface area contributed by atoms with Crippen LogP contribution in [0.5, 0.6) is 0 Å². The van der Waals surface area contributed by atoms with E-state index in [9.17, 15) is 4.39 Å². The number of hydrogen-bond donors (Lipinski definition) is 1. The summed E-state index contributed by atoms with van der Waals surface area (Å²) in [5, 5.41) is 3.35. The summed E-state index contributed by atoms with van der Waals surface area (Å²) in [5.41, 5.74) is -0.867. The predicted molar refractivity (Wildman–Crippen MR) is 52.6 cm³/mol. The Morgan fingerprint density at radius 3 is 2.31 bits per heavy atom. The number of nitrogens with one attached hydrogen (secondary N) is 1. The Balaban J connectivity index is 1.71. The van der Waals surface area contributed by atoms with Crippen molar-refractivity contribution in [2.75, 3.05) is 6.54 Å². The van der Waals surface area contributed by atoms with Crippen LogP contribution in [-0.2, 0) is 0 Å². The van der Waals surface area contributed by atoms with Gasteiger partial charge >= 0.3 is 0 Å². The Morgan fingerprint density at radius 2 is 1.77 bits per heavy atom. The quantitative estimate of drug-likeness (QED) is 0.713. The fourth-order valence-electron chi connectivity index (χ4n) is 2.30. The Labute approximate surface area is 80.1 Å². The molecule has 0 spiro atoms. The van der Waals surface area contributed by atoms with E-state index in [1.165, 1.54) is 25.7 Å². The van der Waals surface area contributed by atoms with Crippen LogP contribution in [0.2, 0.25) is 0 Å². The molecule has 0 aliphatic heterocycles. The summed E-state index contributed by atoms with van der Waals surface area (Å²) in [6.07, 6.45) is 8.82. The van der Waals surface area contributed by atoms with Gasteiger partial charge in [0.05, 0.1) is 0 Å². The number of alkyl halides is 1. The van der Waals surface area contributed by atoms with E-state index in [1.54, 1.807) is 0 Å². The van der Waals surface area contributed by atoms with Crippen LogP contribution in [0.3, 0.4) is 0 Å². The number of hydrogen-bond acceptors (Lipinski definition) is 1. The van der Waals surface area contributed by atoms with E-state index >= 15 is 0 Å². The molecule has 0 radical (unpaired) electrons. The van der Waals surface area contributed by atoms with Crippen LogP contribution in [0.25, 0.3) is 0 Å². The van der Waals surface area contributed by atoms with Crippen molar-refractivity contribution in [1.82, 2.24) is 5.32 Å². The lowest BCUT2D eigenvalue weighted by Gasteiger charge is -2.34. The molecule has 2 aliphatic rings. The zero-order valence-corrected chi connectivity index (χ0v) is 8.32. The Bertz CT molecular complexity index is 159. The molecule has 0 saturated heterocycles. The minimum atomic E-state index is -0.867. The molecule has 0 heterocycles. The van der Waals surface area contributed by atoms with Gasteiger partial charge < -0.3 is 5.32 Å². The summed E-state index contributed by atoms with van der Waals surface area (Å²) in [5.74, 6) is 0. The van der Waals surface area contributed by atoms with Gasteiger partial charge in [-0.15, -0.1) is 0 Å². The molecule has 0 atom stereocenters. The third kappa shape index (κ3) is 2.43. The highest BCUT2D eigenvalue weighted by molar-refractivity contribution is 4.87. The maximum atomic E-state index is 14.0. The average molecular weight is 185 g/mol. The van der Waals surface area contributed by atoms with Crippen molar-refractivity contribution in [3.8, 4) is 0 Å². The molecule has 1 N–H and O–H groups in total. The standard InChI is InChI=1S/C11H20FN/c12-11(7-2-1-3-8-11)9-13-10-5-4-6-10/h10,13H,1-9H2. The zero-order chi connectivity index (χ0) is 9.15. The molecular formula is C11H20FN. The lowest BCUT2D eigenvalue weighted by Crippen LogP contribution is -2.45. The third-order valence-corrected chi connectivity index (χ3v) is 3.56. The molecule has 0 aromatic rings. The second-order valence-corrected chi connectivity index (χ2v) is 4.72. The van der Waals surface area contributed by atoms with Crippen molar-refractivity contribution in [1.29, 1.82) is 0 Å². The van der Waals surface area contributed by atoms with Crippen molar-refractivity contribution < 1.29 is 4.39 Å². The molecule has 1 nitrogen and oxygen atoms in total. The minimum Gasteiger partial charge on any atom is -0.311 e. The van der Waals surface area contributed by atoms with Gasteiger partial charge in [0, 0.05) is 12.6 Å². The van der Waals surface area contributed by atoms with Crippen molar-refractivity contribution >= 4 is 0 Å². The van der Waals surface area contributed by atoms with Gasteiger partial charge in [0.15, 0.2) is 0 Å². The van der Waals surface area contributed by atoms with E-state index < -0.39 is 5.67 Å². The monoisotopic (exact) mass is 185 g/mol. The van der Waals surface area contributed by atoms with Gasteiger partial charge in [-0.2, -0.15) is 0 Å². The van der Waals surface area contributed by atoms with Crippen molar-refractivity contribution in [3.63, 3.8) is 0 Å². The van der Waals surface area contributed by atoms with Crippen LogP contribution >= 0.6 is 0 Å². The highest BCUT2D eigenvalue weighted by Crippen LogP contribution is 2.31. The van der Waals surface area contributed by atoms with Gasteiger partial charge in [0.2, 0.25) is 0 Å². The van der Waals surface area contributed by atoms with Gasteiger partial charge in [0.25, 0.3) is 0 Å². The fraction of sp³-hybridized carbons (Fsp3) is 1.00. The summed E-state index contributed by atoms with van der Waals surface area (Å²) >= 11 is 0. The van der Waals surface area contributed by atoms with E-state index in [0.717, 1.165) is 25.7 Å². The molecule has 0 unspecified atom stereocenters. The molecule has 0 aromatic heterocycles. The molecule has 0 aromatic carbocycles. The molecule has 2 heteroatoms. The summed E-state index contributed by atoms with van der Waals surface area (Å²) < 4.78 is 14.0. The summed E-state index contributed by atoms with van der Waals surface area (Å²) in [6, 6.07) is 0.634. The smallest absolute Gasteiger partial charge is 0.123 e. The summed E-state index contributed by atoms with van der Waals surface area (Å²) in [7, 11) is 0. The van der Waals surface area contributed by atoms with Gasteiger partial charge in [-0.1, -0.05) is 25.7 Å². The van der Waals surface area contributed by atoms with Crippen molar-refractivity contribution in [3.05, 3.63) is 0 Å². The first kappa shape index (κ1) is 9.45. The lowest BCUT2D eigenvalue weighted by atomic mass is 9.85. The molecule has 2 aliphatic carbocycles. The van der Waals surface area contributed by atoms with E-state index in [2.05, 4.69) is 5.32 Å². The molecule has 2 rings (SSSR count). The highest BCUT2D eigenvalue weighted by Gasteiger charge is 2.32. The van der Waals surface area contributed by atoms with Crippen molar-refractivity contribution in [2.24, 2.45) is 0 Å². The highest BCUT2D eigenvalue weighted by atomic mass is 19.1. The molecule has 2 fully saturated rings. The first-order chi connectivity index (χ1) is 6.29. The molecular weight excluding hydrogens is 165 g/mol. The van der Waals surface area contributed by atoms with Gasteiger partial charge in [-0.25, -0.2) is 4.39 Å². The average Bonchev–Trinajstić information content (AvgIpc) is 2.02. The third-order valence-electron chi connectivity index (χ3n) is 3.56. The zero-order valence-electron chi connectivity index (χ0n) is 8.32. The van der Waals surface area contributed by atoms with Gasteiger partial charge in [-0.05, 0) is 25.7 Å². The second-order valence-electron chi connectivity index (χ2n) is 4.72. The first-order valence-electron chi connectivity index (χ1n) is 5.71. The second kappa shape index (κ2) is 3.95. The van der Waals surface area contributed by atoms with E-state index in [4.69, 9.17) is 0 Å². The molecule has 76 valence electrons. The van der Waals surface area contributed by atoms with Crippen LogP contribution in [-0.4, -0.2) is 18.3 Å². The summed E-state index contributed by atoms with van der Waals surface area (Å²) in [4.78, 5) is 0. The molecule has 13 heavy (non-hydrogen) atoms. The number of halogens is 1. The van der Waals surface area contributed by atoms with E-state index in [1.807, 2.05) is 0 Å². The predicted octanol–water partition coefficient (Wildman–Crippen LogP) is 2.80. The van der Waals surface area contributed by atoms with Crippen LogP contribution in [0, 0.1) is 0 Å². The SMILES string of the molecule is FC1(CNC2CCC2)CCCCC1. The van der Waals surface area contributed by atoms with Crippen LogP contribution < -0.4 is 5.32 Å². The Hall–Kier alpha value is -0.110. The molecule has 2 saturated carbocycles. The maximum absolute atomic E-state index is 14.0. The molecule has 0 amide bonds. The van der Waals surface area contributed by atoms with Crippen LogP contribution in [0.4, 0.5) is 4.39 Å². The van der Waals surface area contributed by atoms with Gasteiger partial charge in [-0.3, -0.25) is 0 Å².